The normalized spacial score (nSPS) is 14.3. The Hall–Kier alpha value is -2.88. The fraction of sp³-hybridized carbons (Fsp3) is 0.111. The predicted octanol–water partition coefficient (Wildman–Crippen LogP) is 3.12. The molecule has 4 heteroatoms. The molecule has 0 saturated carbocycles. The molecule has 3 rings (SSSR count). The Balaban J connectivity index is 2.19. The van der Waals surface area contributed by atoms with Gasteiger partial charge in [-0.2, -0.15) is 5.10 Å². The summed E-state index contributed by atoms with van der Waals surface area (Å²) in [6, 6.07) is 16.5. The molecule has 4 nitrogen and oxygen atoms in total. The van der Waals surface area contributed by atoms with E-state index in [1.807, 2.05) is 30.3 Å². The summed E-state index contributed by atoms with van der Waals surface area (Å²) >= 11 is 0. The molecule has 0 saturated heterocycles. The number of carbonyl (C=O) groups is 1. The third-order valence-corrected chi connectivity index (χ3v) is 3.47. The van der Waals surface area contributed by atoms with E-state index in [9.17, 15) is 9.90 Å². The van der Waals surface area contributed by atoms with Crippen LogP contribution in [0.4, 0.5) is 0 Å². The van der Waals surface area contributed by atoms with Crippen molar-refractivity contribution in [2.24, 2.45) is 5.10 Å². The Morgan fingerprint density at radius 2 is 1.55 bits per heavy atom. The van der Waals surface area contributed by atoms with Crippen molar-refractivity contribution in [3.63, 3.8) is 0 Å². The Morgan fingerprint density at radius 3 is 2.14 bits per heavy atom. The van der Waals surface area contributed by atoms with Crippen LogP contribution >= 0.6 is 0 Å². The maximum absolute atomic E-state index is 12.7. The molecule has 0 spiro atoms. The number of aliphatic hydroxyl groups is 1. The number of hydrogen-bond donors (Lipinski definition) is 1. The summed E-state index contributed by atoms with van der Waals surface area (Å²) in [7, 11) is 3.57. The monoisotopic (exact) mass is 292 g/mol. The van der Waals surface area contributed by atoms with Gasteiger partial charge in [0.2, 0.25) is 0 Å². The zero-order chi connectivity index (χ0) is 15.7. The van der Waals surface area contributed by atoms with Crippen LogP contribution in [0.2, 0.25) is 0 Å². The molecule has 110 valence electrons. The van der Waals surface area contributed by atoms with Crippen molar-refractivity contribution in [1.82, 2.24) is 5.01 Å². The lowest BCUT2D eigenvalue weighted by molar-refractivity contribution is 0.104. The van der Waals surface area contributed by atoms with Crippen LogP contribution < -0.4 is 0 Å². The summed E-state index contributed by atoms with van der Waals surface area (Å²) in [4.78, 5) is 12.7. The van der Waals surface area contributed by atoms with Crippen LogP contribution in [-0.2, 0) is 0 Å². The van der Waals surface area contributed by atoms with Crippen LogP contribution in [0.15, 0.2) is 65.3 Å². The first-order chi connectivity index (χ1) is 10.6. The molecule has 0 bridgehead atoms. The van der Waals surface area contributed by atoms with Crippen molar-refractivity contribution in [1.29, 1.82) is 0 Å². The lowest BCUT2D eigenvalue weighted by Crippen LogP contribution is -2.17. The number of rotatable bonds is 3. The Kier molecular flexibility index (Phi) is 3.51. The number of allylic oxidation sites excluding steroid dienone is 1. The third-order valence-electron chi connectivity index (χ3n) is 3.47. The van der Waals surface area contributed by atoms with Crippen molar-refractivity contribution >= 4 is 17.3 Å². The van der Waals surface area contributed by atoms with Gasteiger partial charge in [-0.05, 0) is 0 Å². The van der Waals surface area contributed by atoms with Gasteiger partial charge in [-0.3, -0.25) is 4.79 Å². The van der Waals surface area contributed by atoms with Crippen LogP contribution in [0.25, 0.3) is 5.76 Å². The lowest BCUT2D eigenvalue weighted by atomic mass is 9.99. The second kappa shape index (κ2) is 5.48. The summed E-state index contributed by atoms with van der Waals surface area (Å²) in [6.07, 6.45) is 0. The first-order valence-electron chi connectivity index (χ1n) is 6.98. The maximum atomic E-state index is 12.7. The number of Topliss-reactive ketones (excluding diaryl/α,β-unsaturated/α-hetero) is 1. The summed E-state index contributed by atoms with van der Waals surface area (Å²) in [5.74, 6) is -0.206. The quantitative estimate of drug-likeness (QED) is 0.698. The van der Waals surface area contributed by atoms with E-state index in [0.29, 0.717) is 16.8 Å². The van der Waals surface area contributed by atoms with Crippen LogP contribution in [0, 0.1) is 0 Å². The number of carbonyl (C=O) groups excluding carboxylic acids is 1. The van der Waals surface area contributed by atoms with Crippen molar-refractivity contribution < 1.29 is 9.90 Å². The predicted molar refractivity (Wildman–Crippen MR) is 87.0 cm³/mol. The minimum atomic E-state index is -0.197. The zero-order valence-electron chi connectivity index (χ0n) is 12.4. The molecular formula is C18H16N2O2. The molecule has 0 fully saturated rings. The largest absolute Gasteiger partial charge is 0.506 e. The summed E-state index contributed by atoms with van der Waals surface area (Å²) in [5.41, 5.74) is 2.59. The van der Waals surface area contributed by atoms with Gasteiger partial charge in [-0.25, -0.2) is 0 Å². The Labute approximate surface area is 129 Å². The SMILES string of the molecule is CN(C)/N=C(/C1=C(O)c2ccccc2C1=O)c1ccccc1. The molecule has 1 aliphatic carbocycles. The number of aliphatic hydroxyl groups excluding tert-OH is 1. The molecule has 22 heavy (non-hydrogen) atoms. The average molecular weight is 292 g/mol. The van der Waals surface area contributed by atoms with Crippen LogP contribution in [0.3, 0.4) is 0 Å². The van der Waals surface area contributed by atoms with E-state index >= 15 is 0 Å². The Morgan fingerprint density at radius 1 is 0.955 bits per heavy atom. The van der Waals surface area contributed by atoms with Crippen LogP contribution in [0.1, 0.15) is 21.5 Å². The number of hydrazone groups is 1. The zero-order valence-corrected chi connectivity index (χ0v) is 12.4. The number of fused-ring (bicyclic) bond motifs is 1. The van der Waals surface area contributed by atoms with Crippen LogP contribution in [-0.4, -0.2) is 35.7 Å². The number of ketones is 1. The highest BCUT2D eigenvalue weighted by Gasteiger charge is 2.33. The summed E-state index contributed by atoms with van der Waals surface area (Å²) < 4.78 is 0. The topological polar surface area (TPSA) is 52.9 Å². The highest BCUT2D eigenvalue weighted by atomic mass is 16.3. The van der Waals surface area contributed by atoms with E-state index in [0.717, 1.165) is 5.56 Å². The molecule has 0 atom stereocenters. The first-order valence-corrected chi connectivity index (χ1v) is 6.98. The van der Waals surface area contributed by atoms with Crippen molar-refractivity contribution in [3.8, 4) is 0 Å². The van der Waals surface area contributed by atoms with E-state index in [1.54, 1.807) is 43.4 Å². The van der Waals surface area contributed by atoms with Gasteiger partial charge in [0.25, 0.3) is 0 Å². The molecule has 1 aliphatic rings. The molecule has 0 radical (unpaired) electrons. The van der Waals surface area contributed by atoms with Gasteiger partial charge in [0, 0.05) is 30.8 Å². The van der Waals surface area contributed by atoms with E-state index in [4.69, 9.17) is 0 Å². The molecule has 2 aromatic carbocycles. The molecule has 0 aromatic heterocycles. The molecular weight excluding hydrogens is 276 g/mol. The Bertz CT molecular complexity index is 790. The standard InChI is InChI=1S/C18H16N2O2/c1-20(2)19-16(12-8-4-3-5-9-12)15-17(21)13-10-6-7-11-14(13)18(15)22/h3-11,21H,1-2H3/b19-16+. The van der Waals surface area contributed by atoms with E-state index in [-0.39, 0.29) is 17.1 Å². The lowest BCUT2D eigenvalue weighted by Gasteiger charge is -2.12. The fourth-order valence-corrected chi connectivity index (χ4v) is 2.53. The maximum Gasteiger partial charge on any atom is 0.199 e. The molecule has 0 heterocycles. The van der Waals surface area contributed by atoms with E-state index in [2.05, 4.69) is 5.10 Å². The van der Waals surface area contributed by atoms with Gasteiger partial charge in [0.05, 0.1) is 5.57 Å². The van der Waals surface area contributed by atoms with E-state index < -0.39 is 0 Å². The molecule has 0 amide bonds. The summed E-state index contributed by atoms with van der Waals surface area (Å²) in [5, 5.41) is 16.6. The van der Waals surface area contributed by atoms with Crippen LogP contribution in [0.5, 0.6) is 0 Å². The van der Waals surface area contributed by atoms with Gasteiger partial charge < -0.3 is 10.1 Å². The number of benzene rings is 2. The second-order valence-corrected chi connectivity index (χ2v) is 5.26. The second-order valence-electron chi connectivity index (χ2n) is 5.26. The minimum Gasteiger partial charge on any atom is -0.506 e. The van der Waals surface area contributed by atoms with Crippen molar-refractivity contribution in [2.75, 3.05) is 14.1 Å². The third kappa shape index (κ3) is 2.29. The average Bonchev–Trinajstić information content (AvgIpc) is 2.78. The van der Waals surface area contributed by atoms with E-state index in [1.165, 1.54) is 0 Å². The summed E-state index contributed by atoms with van der Waals surface area (Å²) in [6.45, 7) is 0. The smallest absolute Gasteiger partial charge is 0.199 e. The van der Waals surface area contributed by atoms with Gasteiger partial charge in [0.1, 0.15) is 11.5 Å². The molecule has 1 N–H and O–H groups in total. The van der Waals surface area contributed by atoms with Crippen molar-refractivity contribution in [3.05, 3.63) is 76.9 Å². The number of nitrogens with zero attached hydrogens (tertiary/aromatic N) is 2. The first kappa shape index (κ1) is 14.1. The molecule has 0 aliphatic heterocycles. The highest BCUT2D eigenvalue weighted by Crippen LogP contribution is 2.33. The van der Waals surface area contributed by atoms with Gasteiger partial charge in [0.15, 0.2) is 5.78 Å². The molecule has 2 aromatic rings. The van der Waals surface area contributed by atoms with Crippen molar-refractivity contribution in [2.45, 2.75) is 0 Å². The van der Waals surface area contributed by atoms with Gasteiger partial charge >= 0.3 is 0 Å². The highest BCUT2D eigenvalue weighted by molar-refractivity contribution is 6.39. The number of hydrogen-bond acceptors (Lipinski definition) is 4. The molecule has 0 unspecified atom stereocenters. The van der Waals surface area contributed by atoms with Gasteiger partial charge in [-0.15, -0.1) is 0 Å². The minimum absolute atomic E-state index is 0.00921. The van der Waals surface area contributed by atoms with Gasteiger partial charge in [-0.1, -0.05) is 54.6 Å². The fourth-order valence-electron chi connectivity index (χ4n) is 2.53.